The molecule has 0 aliphatic carbocycles. The molecule has 0 aliphatic heterocycles. The van der Waals surface area contributed by atoms with E-state index >= 15 is 0 Å². The van der Waals surface area contributed by atoms with Gasteiger partial charge in [-0.1, -0.05) is 48.5 Å². The first kappa shape index (κ1) is 11.2. The lowest BCUT2D eigenvalue weighted by Crippen LogP contribution is -1.98. The van der Waals surface area contributed by atoms with Gasteiger partial charge in [0.1, 0.15) is 0 Å². The van der Waals surface area contributed by atoms with E-state index in [1.54, 1.807) is 0 Å². The average molecular weight is 299 g/mol. The molecule has 0 fully saturated rings. The number of nitrogens with zero attached hydrogens (tertiary/aromatic N) is 2. The monoisotopic (exact) mass is 298 g/mol. The smallest absolute Gasteiger partial charge is 0.0883 e. The molecule has 1 heterocycles. The van der Waals surface area contributed by atoms with E-state index in [1.807, 2.05) is 59.4 Å². The van der Waals surface area contributed by atoms with Crippen molar-refractivity contribution < 1.29 is 0 Å². The molecule has 2 nitrogen and oxygen atoms in total. The number of aromatic nitrogens is 2. The quantitative estimate of drug-likeness (QED) is 0.690. The third-order valence-corrected chi connectivity index (χ3v) is 3.35. The van der Waals surface area contributed by atoms with Gasteiger partial charge < -0.3 is 0 Å². The lowest BCUT2D eigenvalue weighted by Gasteiger charge is -2.08. The fourth-order valence-electron chi connectivity index (χ4n) is 1.95. The average Bonchev–Trinajstić information content (AvgIpc) is 2.83. The molecule has 3 aromatic rings. The summed E-state index contributed by atoms with van der Waals surface area (Å²) in [6.07, 6.45) is 1.83. The molecular weight excluding hydrogens is 288 g/mol. The Hall–Kier alpha value is -1.87. The molecule has 3 heteroatoms. The number of benzene rings is 2. The van der Waals surface area contributed by atoms with Crippen LogP contribution in [0, 0.1) is 0 Å². The first-order valence-corrected chi connectivity index (χ1v) is 6.50. The van der Waals surface area contributed by atoms with Crippen molar-refractivity contribution in [2.24, 2.45) is 0 Å². The van der Waals surface area contributed by atoms with Crippen molar-refractivity contribution in [2.75, 3.05) is 0 Å². The summed E-state index contributed by atoms with van der Waals surface area (Å²) in [5.41, 5.74) is 3.27. The maximum Gasteiger partial charge on any atom is 0.0883 e. The second-order valence-electron chi connectivity index (χ2n) is 3.95. The van der Waals surface area contributed by atoms with E-state index < -0.39 is 0 Å². The third kappa shape index (κ3) is 1.97. The van der Waals surface area contributed by atoms with E-state index in [-0.39, 0.29) is 0 Å². The molecular formula is C15H11BrN2. The molecule has 18 heavy (non-hydrogen) atoms. The zero-order valence-corrected chi connectivity index (χ0v) is 11.2. The minimum atomic E-state index is 0.998. The van der Waals surface area contributed by atoms with Crippen LogP contribution < -0.4 is 0 Å². The van der Waals surface area contributed by atoms with Crippen molar-refractivity contribution in [1.82, 2.24) is 9.78 Å². The molecule has 3 rings (SSSR count). The molecule has 0 saturated carbocycles. The standard InChI is InChI=1S/C15H11BrN2/c16-14-11-17-18(13-9-5-2-6-10-13)15(14)12-7-3-1-4-8-12/h1-11H. The highest BCUT2D eigenvalue weighted by atomic mass is 79.9. The molecule has 88 valence electrons. The van der Waals surface area contributed by atoms with Crippen molar-refractivity contribution in [3.05, 3.63) is 71.3 Å². The van der Waals surface area contributed by atoms with Gasteiger partial charge >= 0.3 is 0 Å². The highest BCUT2D eigenvalue weighted by Gasteiger charge is 2.11. The Kier molecular flexibility index (Phi) is 2.99. The van der Waals surface area contributed by atoms with E-state index in [0.717, 1.165) is 21.4 Å². The normalized spacial score (nSPS) is 10.5. The van der Waals surface area contributed by atoms with E-state index in [0.29, 0.717) is 0 Å². The zero-order chi connectivity index (χ0) is 12.4. The molecule has 1 aromatic heterocycles. The summed E-state index contributed by atoms with van der Waals surface area (Å²) < 4.78 is 2.94. The van der Waals surface area contributed by atoms with Crippen LogP contribution in [0.3, 0.4) is 0 Å². The summed E-state index contributed by atoms with van der Waals surface area (Å²) in [4.78, 5) is 0. The van der Waals surface area contributed by atoms with Crippen LogP contribution in [0.2, 0.25) is 0 Å². The Bertz CT molecular complexity index is 645. The summed E-state index contributed by atoms with van der Waals surface area (Å²) in [6.45, 7) is 0. The fourth-order valence-corrected chi connectivity index (χ4v) is 2.44. The summed E-state index contributed by atoms with van der Waals surface area (Å²) in [5, 5.41) is 4.43. The maximum atomic E-state index is 4.43. The van der Waals surface area contributed by atoms with Crippen LogP contribution in [-0.4, -0.2) is 9.78 Å². The van der Waals surface area contributed by atoms with Crippen LogP contribution in [-0.2, 0) is 0 Å². The number of halogens is 1. The van der Waals surface area contributed by atoms with Gasteiger partial charge in [0.15, 0.2) is 0 Å². The Morgan fingerprint density at radius 1 is 0.833 bits per heavy atom. The van der Waals surface area contributed by atoms with Gasteiger partial charge in [0.25, 0.3) is 0 Å². The minimum absolute atomic E-state index is 0.998. The highest BCUT2D eigenvalue weighted by molar-refractivity contribution is 9.10. The molecule has 0 spiro atoms. The second-order valence-corrected chi connectivity index (χ2v) is 4.81. The van der Waals surface area contributed by atoms with Crippen LogP contribution in [0.4, 0.5) is 0 Å². The van der Waals surface area contributed by atoms with Crippen LogP contribution in [0.5, 0.6) is 0 Å². The minimum Gasteiger partial charge on any atom is -0.232 e. The predicted octanol–water partition coefficient (Wildman–Crippen LogP) is 4.30. The SMILES string of the molecule is Brc1cnn(-c2ccccc2)c1-c1ccccc1. The summed E-state index contributed by atoms with van der Waals surface area (Å²) in [7, 11) is 0. The third-order valence-electron chi connectivity index (χ3n) is 2.77. The second kappa shape index (κ2) is 4.78. The van der Waals surface area contributed by atoms with E-state index in [1.165, 1.54) is 0 Å². The molecule has 0 N–H and O–H groups in total. The van der Waals surface area contributed by atoms with Gasteiger partial charge in [-0.05, 0) is 28.1 Å². The fraction of sp³-hybridized carbons (Fsp3) is 0. The van der Waals surface area contributed by atoms with Gasteiger partial charge in [0, 0.05) is 5.56 Å². The Morgan fingerprint density at radius 3 is 2.11 bits per heavy atom. The zero-order valence-electron chi connectivity index (χ0n) is 9.62. The lowest BCUT2D eigenvalue weighted by atomic mass is 10.1. The van der Waals surface area contributed by atoms with Crippen molar-refractivity contribution in [2.45, 2.75) is 0 Å². The molecule has 0 bridgehead atoms. The van der Waals surface area contributed by atoms with Crippen LogP contribution >= 0.6 is 15.9 Å². The van der Waals surface area contributed by atoms with Gasteiger partial charge in [-0.2, -0.15) is 5.10 Å². The molecule has 0 saturated heterocycles. The van der Waals surface area contributed by atoms with Crippen molar-refractivity contribution in [3.63, 3.8) is 0 Å². The van der Waals surface area contributed by atoms with Gasteiger partial charge in [0.2, 0.25) is 0 Å². The first-order chi connectivity index (χ1) is 8.86. The van der Waals surface area contributed by atoms with Crippen LogP contribution in [0.15, 0.2) is 71.3 Å². The van der Waals surface area contributed by atoms with E-state index in [9.17, 15) is 0 Å². The molecule has 0 unspecified atom stereocenters. The van der Waals surface area contributed by atoms with Crippen LogP contribution in [0.25, 0.3) is 16.9 Å². The molecule has 2 aromatic carbocycles. The number of hydrogen-bond acceptors (Lipinski definition) is 1. The lowest BCUT2D eigenvalue weighted by molar-refractivity contribution is 0.888. The largest absolute Gasteiger partial charge is 0.232 e. The molecule has 0 radical (unpaired) electrons. The van der Waals surface area contributed by atoms with Gasteiger partial charge in [-0.15, -0.1) is 0 Å². The van der Waals surface area contributed by atoms with E-state index in [4.69, 9.17) is 0 Å². The predicted molar refractivity (Wildman–Crippen MR) is 76.7 cm³/mol. The topological polar surface area (TPSA) is 17.8 Å². The van der Waals surface area contributed by atoms with Crippen molar-refractivity contribution in [1.29, 1.82) is 0 Å². The van der Waals surface area contributed by atoms with Crippen LogP contribution in [0.1, 0.15) is 0 Å². The van der Waals surface area contributed by atoms with Gasteiger partial charge in [0.05, 0.1) is 22.1 Å². The molecule has 0 aliphatic rings. The molecule has 0 atom stereocenters. The maximum absolute atomic E-state index is 4.43. The van der Waals surface area contributed by atoms with Gasteiger partial charge in [-0.3, -0.25) is 0 Å². The Labute approximate surface area is 114 Å². The van der Waals surface area contributed by atoms with E-state index in [2.05, 4.69) is 33.2 Å². The Balaban J connectivity index is 2.19. The first-order valence-electron chi connectivity index (χ1n) is 5.70. The number of hydrogen-bond donors (Lipinski definition) is 0. The Morgan fingerprint density at radius 2 is 1.44 bits per heavy atom. The van der Waals surface area contributed by atoms with Crippen molar-refractivity contribution in [3.8, 4) is 16.9 Å². The van der Waals surface area contributed by atoms with Crippen molar-refractivity contribution >= 4 is 15.9 Å². The molecule has 0 amide bonds. The van der Waals surface area contributed by atoms with Gasteiger partial charge in [-0.25, -0.2) is 4.68 Å². The summed E-state index contributed by atoms with van der Waals surface area (Å²) in [6, 6.07) is 20.4. The summed E-state index contributed by atoms with van der Waals surface area (Å²) in [5.74, 6) is 0. The highest BCUT2D eigenvalue weighted by Crippen LogP contribution is 2.29. The number of rotatable bonds is 2. The summed E-state index contributed by atoms with van der Waals surface area (Å²) >= 11 is 3.57. The number of para-hydroxylation sites is 1.